The third-order valence-electron chi connectivity index (χ3n) is 4.17. The van der Waals surface area contributed by atoms with E-state index in [9.17, 15) is 0 Å². The number of hydrogen-bond donors (Lipinski definition) is 2. The third-order valence-corrected chi connectivity index (χ3v) is 4.17. The highest BCUT2D eigenvalue weighted by Gasteiger charge is 2.29. The molecule has 1 aliphatic rings. The van der Waals surface area contributed by atoms with Crippen LogP contribution in [-0.2, 0) is 0 Å². The summed E-state index contributed by atoms with van der Waals surface area (Å²) in [5.41, 5.74) is 6.10. The summed E-state index contributed by atoms with van der Waals surface area (Å²) in [5.74, 6) is 1.14. The molecule has 1 rings (SSSR count). The molecule has 17 heavy (non-hydrogen) atoms. The van der Waals surface area contributed by atoms with Crippen LogP contribution in [0.5, 0.6) is 0 Å². The predicted octanol–water partition coefficient (Wildman–Crippen LogP) is 2.85. The number of hydrogen-bond acceptors (Lipinski definition) is 2. The number of rotatable bonds is 3. The van der Waals surface area contributed by atoms with Gasteiger partial charge in [-0.1, -0.05) is 27.7 Å². The van der Waals surface area contributed by atoms with Crippen molar-refractivity contribution in [1.29, 1.82) is 5.41 Å². The summed E-state index contributed by atoms with van der Waals surface area (Å²) in [4.78, 5) is 2.41. The predicted molar refractivity (Wildman–Crippen MR) is 74.4 cm³/mol. The number of nitrogens with one attached hydrogen (secondary N) is 1. The summed E-state index contributed by atoms with van der Waals surface area (Å²) in [7, 11) is 0. The van der Waals surface area contributed by atoms with Crippen molar-refractivity contribution < 1.29 is 0 Å². The largest absolute Gasteiger partial charge is 0.386 e. The fraction of sp³-hybridized carbons (Fsp3) is 0.929. The van der Waals surface area contributed by atoms with Gasteiger partial charge in [0.2, 0.25) is 0 Å². The zero-order chi connectivity index (χ0) is 13.1. The summed E-state index contributed by atoms with van der Waals surface area (Å²) in [6, 6.07) is 0.161. The van der Waals surface area contributed by atoms with Gasteiger partial charge in [-0.3, -0.25) is 10.3 Å². The maximum atomic E-state index is 7.67. The van der Waals surface area contributed by atoms with Gasteiger partial charge in [0.05, 0.1) is 6.04 Å². The SMILES string of the molecule is CCC(C(=N)N)N1CCCC(C(C)(C)C)CC1. The van der Waals surface area contributed by atoms with Crippen molar-refractivity contribution in [2.24, 2.45) is 17.1 Å². The van der Waals surface area contributed by atoms with Crippen molar-refractivity contribution >= 4 is 5.84 Å². The molecule has 2 atom stereocenters. The molecular weight excluding hydrogens is 210 g/mol. The van der Waals surface area contributed by atoms with E-state index in [1.165, 1.54) is 19.3 Å². The molecule has 3 N–H and O–H groups in total. The highest BCUT2D eigenvalue weighted by atomic mass is 15.2. The van der Waals surface area contributed by atoms with Crippen LogP contribution in [0.25, 0.3) is 0 Å². The highest BCUT2D eigenvalue weighted by molar-refractivity contribution is 5.82. The van der Waals surface area contributed by atoms with Crippen LogP contribution in [-0.4, -0.2) is 29.9 Å². The van der Waals surface area contributed by atoms with E-state index in [-0.39, 0.29) is 6.04 Å². The van der Waals surface area contributed by atoms with Gasteiger partial charge in [0.15, 0.2) is 0 Å². The zero-order valence-electron chi connectivity index (χ0n) is 11.9. The molecule has 0 aliphatic carbocycles. The Labute approximate surface area is 106 Å². The van der Waals surface area contributed by atoms with Crippen LogP contribution in [0.3, 0.4) is 0 Å². The molecule has 0 radical (unpaired) electrons. The lowest BCUT2D eigenvalue weighted by Gasteiger charge is -2.31. The lowest BCUT2D eigenvalue weighted by atomic mass is 9.77. The average molecular weight is 239 g/mol. The second kappa shape index (κ2) is 5.85. The van der Waals surface area contributed by atoms with Gasteiger partial charge in [-0.25, -0.2) is 0 Å². The molecule has 3 heteroatoms. The molecule has 0 saturated carbocycles. The standard InChI is InChI=1S/C14H29N3/c1-5-12(13(15)16)17-9-6-7-11(8-10-17)14(2,3)4/h11-12H,5-10H2,1-4H3,(H3,15,16). The normalized spacial score (nSPS) is 25.3. The molecule has 0 bridgehead atoms. The molecule has 0 aromatic carbocycles. The van der Waals surface area contributed by atoms with Crippen molar-refractivity contribution in [3.05, 3.63) is 0 Å². The van der Waals surface area contributed by atoms with Crippen LogP contribution in [0.1, 0.15) is 53.4 Å². The Bertz CT molecular complexity index is 255. The van der Waals surface area contributed by atoms with Crippen LogP contribution in [0.15, 0.2) is 0 Å². The van der Waals surface area contributed by atoms with Crippen LogP contribution >= 0.6 is 0 Å². The maximum Gasteiger partial charge on any atom is 0.108 e. The molecule has 1 aliphatic heterocycles. The first-order chi connectivity index (χ1) is 7.86. The molecule has 3 nitrogen and oxygen atoms in total. The van der Waals surface area contributed by atoms with Crippen molar-refractivity contribution in [2.45, 2.75) is 59.4 Å². The van der Waals surface area contributed by atoms with Crippen LogP contribution in [0, 0.1) is 16.7 Å². The molecule has 1 heterocycles. The molecular formula is C14H29N3. The van der Waals surface area contributed by atoms with Crippen LogP contribution < -0.4 is 5.73 Å². The summed E-state index contributed by atoms with van der Waals surface area (Å²) < 4.78 is 0. The van der Waals surface area contributed by atoms with Crippen LogP contribution in [0.4, 0.5) is 0 Å². The third kappa shape index (κ3) is 3.98. The van der Waals surface area contributed by atoms with Gasteiger partial charge in [0, 0.05) is 0 Å². The number of amidine groups is 1. The van der Waals surface area contributed by atoms with Gasteiger partial charge in [-0.05, 0) is 50.1 Å². The Kier molecular flexibility index (Phi) is 4.99. The van der Waals surface area contributed by atoms with E-state index in [0.717, 1.165) is 25.4 Å². The quantitative estimate of drug-likeness (QED) is 0.588. The van der Waals surface area contributed by atoms with E-state index in [1.807, 2.05) is 0 Å². The minimum absolute atomic E-state index is 0.161. The Hall–Kier alpha value is -0.570. The first kappa shape index (κ1) is 14.5. The monoisotopic (exact) mass is 239 g/mol. The zero-order valence-corrected chi connectivity index (χ0v) is 11.9. The second-order valence-electron chi connectivity index (χ2n) is 6.41. The van der Waals surface area contributed by atoms with E-state index in [0.29, 0.717) is 11.3 Å². The highest BCUT2D eigenvalue weighted by Crippen LogP contribution is 2.34. The molecule has 0 aromatic heterocycles. The van der Waals surface area contributed by atoms with Gasteiger partial charge < -0.3 is 5.73 Å². The van der Waals surface area contributed by atoms with E-state index < -0.39 is 0 Å². The fourth-order valence-electron chi connectivity index (χ4n) is 2.97. The van der Waals surface area contributed by atoms with Crippen molar-refractivity contribution in [3.8, 4) is 0 Å². The van der Waals surface area contributed by atoms with E-state index in [4.69, 9.17) is 11.1 Å². The molecule has 0 amide bonds. The molecule has 0 spiro atoms. The molecule has 1 fully saturated rings. The lowest BCUT2D eigenvalue weighted by Crippen LogP contribution is -2.44. The summed E-state index contributed by atoms with van der Waals surface area (Å²) >= 11 is 0. The maximum absolute atomic E-state index is 7.67. The molecule has 100 valence electrons. The summed E-state index contributed by atoms with van der Waals surface area (Å²) in [6.07, 6.45) is 4.75. The smallest absolute Gasteiger partial charge is 0.108 e. The molecule has 0 aromatic rings. The Morgan fingerprint density at radius 2 is 2.00 bits per heavy atom. The van der Waals surface area contributed by atoms with Crippen molar-refractivity contribution in [1.82, 2.24) is 4.90 Å². The van der Waals surface area contributed by atoms with Crippen LogP contribution in [0.2, 0.25) is 0 Å². The number of nitrogens with zero attached hydrogens (tertiary/aromatic N) is 1. The topological polar surface area (TPSA) is 53.1 Å². The van der Waals surface area contributed by atoms with Crippen molar-refractivity contribution in [3.63, 3.8) is 0 Å². The van der Waals surface area contributed by atoms with E-state index >= 15 is 0 Å². The van der Waals surface area contributed by atoms with E-state index in [1.54, 1.807) is 0 Å². The van der Waals surface area contributed by atoms with Gasteiger partial charge in [-0.2, -0.15) is 0 Å². The lowest BCUT2D eigenvalue weighted by molar-refractivity contribution is 0.200. The minimum Gasteiger partial charge on any atom is -0.386 e. The average Bonchev–Trinajstić information content (AvgIpc) is 2.43. The summed E-state index contributed by atoms with van der Waals surface area (Å²) in [6.45, 7) is 11.4. The van der Waals surface area contributed by atoms with Gasteiger partial charge in [0.1, 0.15) is 5.84 Å². The Morgan fingerprint density at radius 3 is 2.47 bits per heavy atom. The van der Waals surface area contributed by atoms with E-state index in [2.05, 4.69) is 32.6 Å². The van der Waals surface area contributed by atoms with Gasteiger partial charge >= 0.3 is 0 Å². The van der Waals surface area contributed by atoms with Gasteiger partial charge in [-0.15, -0.1) is 0 Å². The Morgan fingerprint density at radius 1 is 1.35 bits per heavy atom. The Balaban J connectivity index is 2.61. The summed E-state index contributed by atoms with van der Waals surface area (Å²) in [5, 5.41) is 7.67. The fourth-order valence-corrected chi connectivity index (χ4v) is 2.97. The number of nitrogens with two attached hydrogens (primary N) is 1. The van der Waals surface area contributed by atoms with Gasteiger partial charge in [0.25, 0.3) is 0 Å². The molecule has 1 saturated heterocycles. The number of likely N-dealkylation sites (tertiary alicyclic amines) is 1. The van der Waals surface area contributed by atoms with Crippen molar-refractivity contribution in [2.75, 3.05) is 13.1 Å². The molecule has 2 unspecified atom stereocenters. The minimum atomic E-state index is 0.161. The second-order valence-corrected chi connectivity index (χ2v) is 6.41. The first-order valence-corrected chi connectivity index (χ1v) is 6.94. The first-order valence-electron chi connectivity index (χ1n) is 6.94.